The van der Waals surface area contributed by atoms with Gasteiger partial charge in [-0.25, -0.2) is 0 Å². The van der Waals surface area contributed by atoms with Gasteiger partial charge >= 0.3 is 0 Å². The van der Waals surface area contributed by atoms with Gasteiger partial charge in [0.1, 0.15) is 5.75 Å². The molecule has 0 saturated heterocycles. The summed E-state index contributed by atoms with van der Waals surface area (Å²) in [7, 11) is 0. The highest BCUT2D eigenvalue weighted by atomic mass is 16.3. The summed E-state index contributed by atoms with van der Waals surface area (Å²) in [6.45, 7) is 14.3. The molecular weight excluding hydrogens is 328 g/mol. The fourth-order valence-corrected chi connectivity index (χ4v) is 6.30. The highest BCUT2D eigenvalue weighted by Crippen LogP contribution is 2.51. The van der Waals surface area contributed by atoms with Gasteiger partial charge in [0.2, 0.25) is 0 Å². The molecule has 1 heteroatoms. The van der Waals surface area contributed by atoms with Crippen LogP contribution in [0.5, 0.6) is 5.75 Å². The van der Waals surface area contributed by atoms with Crippen LogP contribution < -0.4 is 0 Å². The average molecular weight is 371 g/mol. The Morgan fingerprint density at radius 3 is 1.52 bits per heavy atom. The van der Waals surface area contributed by atoms with Gasteiger partial charge in [-0.2, -0.15) is 0 Å². The molecule has 1 aromatic rings. The number of phenols is 1. The van der Waals surface area contributed by atoms with E-state index in [9.17, 15) is 5.11 Å². The second kappa shape index (κ2) is 8.58. The van der Waals surface area contributed by atoms with Crippen molar-refractivity contribution < 1.29 is 5.11 Å². The smallest absolute Gasteiger partial charge is 0.122 e. The Morgan fingerprint density at radius 1 is 0.741 bits per heavy atom. The highest BCUT2D eigenvalue weighted by molar-refractivity contribution is 5.45. The van der Waals surface area contributed by atoms with Crippen LogP contribution in [-0.2, 0) is 0 Å². The molecule has 2 saturated carbocycles. The van der Waals surface area contributed by atoms with Crippen molar-refractivity contribution in [1.29, 1.82) is 0 Å². The minimum Gasteiger partial charge on any atom is -0.507 e. The molecule has 0 radical (unpaired) electrons. The molecule has 0 aromatic heterocycles. The Morgan fingerprint density at radius 2 is 1.15 bits per heavy atom. The molecule has 1 nitrogen and oxygen atoms in total. The van der Waals surface area contributed by atoms with E-state index >= 15 is 0 Å². The van der Waals surface area contributed by atoms with E-state index in [2.05, 4.69) is 59.7 Å². The molecule has 2 aliphatic carbocycles. The van der Waals surface area contributed by atoms with Gasteiger partial charge in [0.05, 0.1) is 0 Å². The first-order valence-corrected chi connectivity index (χ1v) is 11.6. The summed E-state index contributed by atoms with van der Waals surface area (Å²) in [5, 5.41) is 11.5. The van der Waals surface area contributed by atoms with Gasteiger partial charge in [-0.05, 0) is 84.2 Å². The van der Waals surface area contributed by atoms with Crippen LogP contribution in [0.2, 0.25) is 0 Å². The molecule has 1 N–H and O–H groups in total. The number of benzene rings is 1. The monoisotopic (exact) mass is 370 g/mol. The molecule has 1 aromatic carbocycles. The Balaban J connectivity index is 1.97. The highest BCUT2D eigenvalue weighted by Gasteiger charge is 2.37. The number of aromatic hydroxyl groups is 1. The summed E-state index contributed by atoms with van der Waals surface area (Å²) in [4.78, 5) is 0. The molecule has 6 atom stereocenters. The molecule has 2 aliphatic rings. The number of rotatable bonds is 4. The van der Waals surface area contributed by atoms with E-state index in [1.54, 1.807) is 0 Å². The molecule has 0 heterocycles. The lowest BCUT2D eigenvalue weighted by atomic mass is 9.65. The van der Waals surface area contributed by atoms with Gasteiger partial charge in [-0.15, -0.1) is 0 Å². The number of hydrogen-bond donors (Lipinski definition) is 1. The topological polar surface area (TPSA) is 20.2 Å². The van der Waals surface area contributed by atoms with Gasteiger partial charge in [0, 0.05) is 0 Å². The van der Waals surface area contributed by atoms with Crippen molar-refractivity contribution in [2.24, 2.45) is 35.5 Å². The predicted octanol–water partition coefficient (Wildman–Crippen LogP) is 7.74. The Labute approximate surface area is 168 Å². The quantitative estimate of drug-likeness (QED) is 0.574. The minimum atomic E-state index is 0.521. The third-order valence-electron chi connectivity index (χ3n) is 7.94. The Kier molecular flexibility index (Phi) is 6.59. The van der Waals surface area contributed by atoms with E-state index in [1.807, 2.05) is 0 Å². The van der Waals surface area contributed by atoms with Crippen LogP contribution in [0, 0.1) is 35.5 Å². The zero-order valence-corrected chi connectivity index (χ0v) is 18.5. The summed E-state index contributed by atoms with van der Waals surface area (Å²) in [5.74, 6) is 6.00. The van der Waals surface area contributed by atoms with E-state index in [1.165, 1.54) is 49.7 Å². The number of hydrogen-bond acceptors (Lipinski definition) is 1. The van der Waals surface area contributed by atoms with Crippen molar-refractivity contribution in [1.82, 2.24) is 0 Å². The van der Waals surface area contributed by atoms with Crippen LogP contribution in [0.1, 0.15) is 103 Å². The van der Waals surface area contributed by atoms with Gasteiger partial charge in [0.25, 0.3) is 0 Å². The Hall–Kier alpha value is -0.980. The van der Waals surface area contributed by atoms with Gasteiger partial charge in [0.15, 0.2) is 0 Å². The average Bonchev–Trinajstić information content (AvgIpc) is 2.61. The lowest BCUT2D eigenvalue weighted by Crippen LogP contribution is -2.28. The normalized spacial score (nSPS) is 35.0. The fraction of sp³-hybridized carbons (Fsp3) is 0.769. The van der Waals surface area contributed by atoms with E-state index < -0.39 is 0 Å². The first-order chi connectivity index (χ1) is 12.8. The molecule has 0 amide bonds. The van der Waals surface area contributed by atoms with Crippen LogP contribution in [0.15, 0.2) is 18.2 Å². The minimum absolute atomic E-state index is 0.521. The molecule has 0 bridgehead atoms. The Bertz CT molecular complexity index is 566. The maximum Gasteiger partial charge on any atom is 0.122 e. The molecule has 0 aliphatic heterocycles. The van der Waals surface area contributed by atoms with Crippen molar-refractivity contribution in [2.75, 3.05) is 0 Å². The molecule has 27 heavy (non-hydrogen) atoms. The molecule has 152 valence electrons. The predicted molar refractivity (Wildman–Crippen MR) is 116 cm³/mol. The van der Waals surface area contributed by atoms with Crippen molar-refractivity contribution in [3.63, 3.8) is 0 Å². The summed E-state index contributed by atoms with van der Waals surface area (Å²) in [6, 6.07) is 6.69. The second-order valence-electron chi connectivity index (χ2n) is 10.7. The molecule has 6 unspecified atom stereocenters. The van der Waals surface area contributed by atoms with E-state index in [0.29, 0.717) is 41.3 Å². The fourth-order valence-electron chi connectivity index (χ4n) is 6.30. The van der Waals surface area contributed by atoms with Crippen LogP contribution in [0.3, 0.4) is 0 Å². The summed E-state index contributed by atoms with van der Waals surface area (Å²) >= 11 is 0. The third-order valence-corrected chi connectivity index (χ3v) is 7.94. The largest absolute Gasteiger partial charge is 0.507 e. The maximum absolute atomic E-state index is 11.5. The first kappa shape index (κ1) is 20.7. The van der Waals surface area contributed by atoms with E-state index in [-0.39, 0.29) is 0 Å². The standard InChI is InChI=1S/C26H42O/c1-16(2)20-12-10-18(5)14-24(20)22-8-7-9-23(26(22)27)25-15-19(6)11-13-21(25)17(3)4/h7-9,16-21,24-25,27H,10-15H2,1-6H3. The van der Waals surface area contributed by atoms with Crippen molar-refractivity contribution in [2.45, 2.75) is 91.9 Å². The van der Waals surface area contributed by atoms with Gasteiger partial charge in [-0.1, -0.05) is 72.6 Å². The molecule has 0 spiro atoms. The van der Waals surface area contributed by atoms with Crippen molar-refractivity contribution >= 4 is 0 Å². The summed E-state index contributed by atoms with van der Waals surface area (Å²) in [5.41, 5.74) is 2.50. The van der Waals surface area contributed by atoms with Gasteiger partial charge in [-0.3, -0.25) is 0 Å². The maximum atomic E-state index is 11.5. The zero-order valence-electron chi connectivity index (χ0n) is 18.5. The lowest BCUT2D eigenvalue weighted by Gasteiger charge is -2.40. The summed E-state index contributed by atoms with van der Waals surface area (Å²) in [6.07, 6.45) is 7.76. The molecular formula is C26H42O. The van der Waals surface area contributed by atoms with Gasteiger partial charge < -0.3 is 5.11 Å². The summed E-state index contributed by atoms with van der Waals surface area (Å²) < 4.78 is 0. The second-order valence-corrected chi connectivity index (χ2v) is 10.7. The van der Waals surface area contributed by atoms with Crippen LogP contribution in [0.25, 0.3) is 0 Å². The molecule has 2 fully saturated rings. The lowest BCUT2D eigenvalue weighted by molar-refractivity contribution is 0.188. The van der Waals surface area contributed by atoms with E-state index in [4.69, 9.17) is 0 Å². The van der Waals surface area contributed by atoms with Crippen molar-refractivity contribution in [3.8, 4) is 5.75 Å². The zero-order chi connectivity index (χ0) is 19.7. The third kappa shape index (κ3) is 4.38. The SMILES string of the molecule is CC1CCC(C(C)C)C(c2cccc(C3CC(C)CCC3C(C)C)c2O)C1. The first-order valence-electron chi connectivity index (χ1n) is 11.6. The van der Waals surface area contributed by atoms with E-state index in [0.717, 1.165) is 11.8 Å². The van der Waals surface area contributed by atoms with Crippen LogP contribution in [-0.4, -0.2) is 5.11 Å². The van der Waals surface area contributed by atoms with Crippen LogP contribution >= 0.6 is 0 Å². The number of phenolic OH excluding ortho intramolecular Hbond substituents is 1. The van der Waals surface area contributed by atoms with Crippen molar-refractivity contribution in [3.05, 3.63) is 29.3 Å². The number of para-hydroxylation sites is 1. The van der Waals surface area contributed by atoms with Crippen LogP contribution in [0.4, 0.5) is 0 Å². The molecule has 3 rings (SSSR count).